The molecule has 0 radical (unpaired) electrons. The molecule has 32 heavy (non-hydrogen) atoms. The predicted molar refractivity (Wildman–Crippen MR) is 108 cm³/mol. The molecule has 162 valence electrons. The van der Waals surface area contributed by atoms with Crippen LogP contribution >= 0.6 is 0 Å². The van der Waals surface area contributed by atoms with Gasteiger partial charge in [0.15, 0.2) is 0 Å². The standard InChI is InChI=1S/C21H15F3N6O2/c22-21(23,24)15-7-2-1-6-14(15)12-4-3-5-13(8-12)18-20(32)30(9-16(28-18)19(25)31)10-17-26-11-27-29-17/h1-9,11H,10H2,(H2,25,31)(H,26,27,29). The Morgan fingerprint density at radius 3 is 2.53 bits per heavy atom. The van der Waals surface area contributed by atoms with Crippen molar-refractivity contribution in [1.82, 2.24) is 24.7 Å². The van der Waals surface area contributed by atoms with Gasteiger partial charge in [-0.05, 0) is 23.3 Å². The first-order valence-corrected chi connectivity index (χ1v) is 9.26. The maximum Gasteiger partial charge on any atom is 0.417 e. The molecule has 0 aliphatic rings. The number of primary amides is 1. The van der Waals surface area contributed by atoms with Crippen LogP contribution in [0.2, 0.25) is 0 Å². The maximum absolute atomic E-state index is 13.5. The lowest BCUT2D eigenvalue weighted by atomic mass is 9.97. The van der Waals surface area contributed by atoms with Crippen LogP contribution in [0, 0.1) is 0 Å². The van der Waals surface area contributed by atoms with Gasteiger partial charge in [-0.3, -0.25) is 14.7 Å². The molecule has 0 aliphatic carbocycles. The number of carbonyl (C=O) groups excluding carboxylic acids is 1. The summed E-state index contributed by atoms with van der Waals surface area (Å²) in [4.78, 5) is 32.8. The Balaban J connectivity index is 1.86. The molecule has 0 saturated carbocycles. The lowest BCUT2D eigenvalue weighted by molar-refractivity contribution is -0.137. The van der Waals surface area contributed by atoms with Crippen LogP contribution in [0.1, 0.15) is 21.9 Å². The first-order valence-electron chi connectivity index (χ1n) is 9.26. The van der Waals surface area contributed by atoms with Gasteiger partial charge in [-0.25, -0.2) is 9.97 Å². The molecule has 0 bridgehead atoms. The Morgan fingerprint density at radius 1 is 1.09 bits per heavy atom. The van der Waals surface area contributed by atoms with E-state index in [1.165, 1.54) is 59.6 Å². The minimum atomic E-state index is -4.56. The third-order valence-corrected chi connectivity index (χ3v) is 4.69. The Bertz CT molecular complexity index is 1350. The summed E-state index contributed by atoms with van der Waals surface area (Å²) in [6.07, 6.45) is -2.10. The second-order valence-electron chi connectivity index (χ2n) is 6.83. The van der Waals surface area contributed by atoms with Crippen molar-refractivity contribution >= 4 is 5.91 Å². The van der Waals surface area contributed by atoms with E-state index in [0.717, 1.165) is 6.07 Å². The van der Waals surface area contributed by atoms with E-state index < -0.39 is 23.2 Å². The fourth-order valence-electron chi connectivity index (χ4n) is 3.25. The van der Waals surface area contributed by atoms with Crippen LogP contribution < -0.4 is 11.3 Å². The summed E-state index contributed by atoms with van der Waals surface area (Å²) in [5.41, 5.74) is 4.10. The first kappa shape index (κ1) is 21.0. The smallest absolute Gasteiger partial charge is 0.364 e. The molecule has 4 aromatic rings. The maximum atomic E-state index is 13.5. The minimum absolute atomic E-state index is 0.0365. The van der Waals surface area contributed by atoms with Gasteiger partial charge in [0.05, 0.1) is 12.1 Å². The number of H-pyrrole nitrogens is 1. The molecule has 1 amide bonds. The molecule has 4 rings (SSSR count). The van der Waals surface area contributed by atoms with Crippen molar-refractivity contribution in [3.63, 3.8) is 0 Å². The average molecular weight is 440 g/mol. The van der Waals surface area contributed by atoms with E-state index in [0.29, 0.717) is 5.82 Å². The molecule has 2 aromatic heterocycles. The molecule has 0 aliphatic heterocycles. The highest BCUT2D eigenvalue weighted by Gasteiger charge is 2.33. The summed E-state index contributed by atoms with van der Waals surface area (Å²) < 4.78 is 41.6. The summed E-state index contributed by atoms with van der Waals surface area (Å²) in [5.74, 6) is -0.510. The molecule has 0 saturated heterocycles. The normalized spacial score (nSPS) is 11.5. The molecule has 2 aromatic carbocycles. The van der Waals surface area contributed by atoms with E-state index in [2.05, 4.69) is 20.2 Å². The second-order valence-corrected chi connectivity index (χ2v) is 6.83. The molecule has 3 N–H and O–H groups in total. The number of alkyl halides is 3. The number of aromatic nitrogens is 5. The van der Waals surface area contributed by atoms with Crippen molar-refractivity contribution in [2.45, 2.75) is 12.7 Å². The van der Waals surface area contributed by atoms with Gasteiger partial charge in [0.25, 0.3) is 11.5 Å². The highest BCUT2D eigenvalue weighted by Crippen LogP contribution is 2.37. The number of benzene rings is 2. The first-order chi connectivity index (χ1) is 15.2. The van der Waals surface area contributed by atoms with Gasteiger partial charge in [0.1, 0.15) is 23.5 Å². The number of amides is 1. The van der Waals surface area contributed by atoms with Crippen molar-refractivity contribution in [2.75, 3.05) is 0 Å². The Kier molecular flexibility index (Phi) is 5.31. The van der Waals surface area contributed by atoms with Crippen LogP contribution in [0.3, 0.4) is 0 Å². The van der Waals surface area contributed by atoms with Crippen molar-refractivity contribution in [1.29, 1.82) is 0 Å². The van der Waals surface area contributed by atoms with E-state index in [4.69, 9.17) is 5.73 Å². The number of rotatable bonds is 5. The SMILES string of the molecule is NC(=O)c1cn(Cc2ncn[nH]2)c(=O)c(-c2cccc(-c3ccccc3C(F)(F)F)c2)n1. The molecule has 0 atom stereocenters. The molecule has 11 heteroatoms. The summed E-state index contributed by atoms with van der Waals surface area (Å²) in [5, 5.41) is 6.32. The Labute approximate surface area is 178 Å². The zero-order valence-corrected chi connectivity index (χ0v) is 16.3. The van der Waals surface area contributed by atoms with E-state index >= 15 is 0 Å². The largest absolute Gasteiger partial charge is 0.417 e. The lowest BCUT2D eigenvalue weighted by Gasteiger charge is -2.14. The van der Waals surface area contributed by atoms with Gasteiger partial charge >= 0.3 is 6.18 Å². The van der Waals surface area contributed by atoms with Crippen molar-refractivity contribution in [2.24, 2.45) is 5.73 Å². The fraction of sp³-hybridized carbons (Fsp3) is 0.0952. The Hall–Kier alpha value is -4.28. The van der Waals surface area contributed by atoms with E-state index in [1.54, 1.807) is 0 Å². The van der Waals surface area contributed by atoms with Gasteiger partial charge in [-0.2, -0.15) is 18.3 Å². The number of nitrogens with one attached hydrogen (secondary N) is 1. The average Bonchev–Trinajstić information content (AvgIpc) is 3.27. The topological polar surface area (TPSA) is 120 Å². The molecule has 0 unspecified atom stereocenters. The quantitative estimate of drug-likeness (QED) is 0.495. The molecular formula is C21H15F3N6O2. The molecule has 0 fully saturated rings. The number of halogens is 3. The number of hydrogen-bond acceptors (Lipinski definition) is 5. The fourth-order valence-corrected chi connectivity index (χ4v) is 3.25. The summed E-state index contributed by atoms with van der Waals surface area (Å²) in [6.45, 7) is -0.0365. The van der Waals surface area contributed by atoms with Crippen molar-refractivity contribution < 1.29 is 18.0 Å². The van der Waals surface area contributed by atoms with Crippen LogP contribution in [-0.2, 0) is 12.7 Å². The van der Waals surface area contributed by atoms with Gasteiger partial charge in [-0.1, -0.05) is 36.4 Å². The number of hydrogen-bond donors (Lipinski definition) is 2. The van der Waals surface area contributed by atoms with Gasteiger partial charge < -0.3 is 10.3 Å². The lowest BCUT2D eigenvalue weighted by Crippen LogP contribution is -2.27. The minimum Gasteiger partial charge on any atom is -0.364 e. The van der Waals surface area contributed by atoms with Crippen LogP contribution in [0.25, 0.3) is 22.4 Å². The zero-order chi connectivity index (χ0) is 22.9. The van der Waals surface area contributed by atoms with Gasteiger partial charge in [0.2, 0.25) is 0 Å². The highest BCUT2D eigenvalue weighted by atomic mass is 19.4. The Morgan fingerprint density at radius 2 is 1.84 bits per heavy atom. The van der Waals surface area contributed by atoms with Crippen LogP contribution in [0.15, 0.2) is 65.8 Å². The van der Waals surface area contributed by atoms with Gasteiger partial charge in [-0.15, -0.1) is 0 Å². The molecule has 0 spiro atoms. The number of aromatic amines is 1. The molecule has 2 heterocycles. The highest BCUT2D eigenvalue weighted by molar-refractivity contribution is 5.91. The molecule has 8 nitrogen and oxygen atoms in total. The zero-order valence-electron chi connectivity index (χ0n) is 16.3. The number of carbonyl (C=O) groups is 1. The summed E-state index contributed by atoms with van der Waals surface area (Å²) >= 11 is 0. The number of nitrogens with zero attached hydrogens (tertiary/aromatic N) is 4. The van der Waals surface area contributed by atoms with Gasteiger partial charge in [0, 0.05) is 11.8 Å². The van der Waals surface area contributed by atoms with Crippen LogP contribution in [0.5, 0.6) is 0 Å². The van der Waals surface area contributed by atoms with Crippen molar-refractivity contribution in [3.8, 4) is 22.4 Å². The van der Waals surface area contributed by atoms with Crippen LogP contribution in [0.4, 0.5) is 13.2 Å². The third kappa shape index (κ3) is 4.13. The summed E-state index contributed by atoms with van der Waals surface area (Å²) in [7, 11) is 0. The summed E-state index contributed by atoms with van der Waals surface area (Å²) in [6, 6.07) is 11.1. The van der Waals surface area contributed by atoms with E-state index in [9.17, 15) is 22.8 Å². The van der Waals surface area contributed by atoms with E-state index in [-0.39, 0.29) is 34.6 Å². The van der Waals surface area contributed by atoms with E-state index in [1.807, 2.05) is 0 Å². The van der Waals surface area contributed by atoms with Crippen molar-refractivity contribution in [3.05, 3.63) is 88.5 Å². The third-order valence-electron chi connectivity index (χ3n) is 4.69. The monoisotopic (exact) mass is 440 g/mol. The second kappa shape index (κ2) is 8.10. The molecular weight excluding hydrogens is 425 g/mol. The van der Waals surface area contributed by atoms with Crippen LogP contribution in [-0.4, -0.2) is 30.6 Å². The predicted octanol–water partition coefficient (Wildman–Crippen LogP) is 2.86. The number of nitrogens with two attached hydrogens (primary N) is 1.